The Labute approximate surface area is 143 Å². The van der Waals surface area contributed by atoms with Crippen LogP contribution in [-0.4, -0.2) is 56.6 Å². The number of ether oxygens (including phenoxy) is 2. The summed E-state index contributed by atoms with van der Waals surface area (Å²) in [5.74, 6) is 0. The molecule has 122 valence electrons. The first-order valence-electron chi connectivity index (χ1n) is 8.31. The van der Waals surface area contributed by atoms with E-state index in [9.17, 15) is 0 Å². The molecule has 0 heterocycles. The molecule has 0 spiro atoms. The quantitative estimate of drug-likeness (QED) is 0.215. The van der Waals surface area contributed by atoms with Crippen LogP contribution in [0.15, 0.2) is 0 Å². The third kappa shape index (κ3) is 19.5. The van der Waals surface area contributed by atoms with Gasteiger partial charge in [0.15, 0.2) is 0 Å². The Morgan fingerprint density at radius 3 is 1.35 bits per heavy atom. The minimum absolute atomic E-state index is 0.178. The van der Waals surface area contributed by atoms with Crippen molar-refractivity contribution in [1.29, 1.82) is 0 Å². The van der Waals surface area contributed by atoms with E-state index in [-0.39, 0.29) is 34.1 Å². The van der Waals surface area contributed by atoms with E-state index in [0.29, 0.717) is 0 Å². The fourth-order valence-corrected chi connectivity index (χ4v) is 8.53. The Kier molecular flexibility index (Phi) is 22.0. The molecule has 0 N–H and O–H groups in total. The number of hydrogen-bond acceptors (Lipinski definition) is 2. The van der Waals surface area contributed by atoms with Gasteiger partial charge in [0.05, 0.1) is 0 Å². The van der Waals surface area contributed by atoms with Crippen molar-refractivity contribution in [3.05, 3.63) is 0 Å². The van der Waals surface area contributed by atoms with Gasteiger partial charge >= 0.3 is 144 Å². The van der Waals surface area contributed by atoms with E-state index >= 15 is 0 Å². The van der Waals surface area contributed by atoms with E-state index < -0.39 is 0 Å². The predicted molar refractivity (Wildman–Crippen MR) is 90.7 cm³/mol. The van der Waals surface area contributed by atoms with Crippen molar-refractivity contribution in [2.75, 3.05) is 22.5 Å². The fraction of sp³-hybridized carbons (Fsp3) is 1.00. The maximum absolute atomic E-state index is 5.72. The van der Waals surface area contributed by atoms with Crippen molar-refractivity contribution < 1.29 is 9.47 Å². The molecular weight excluding hydrogens is 479 g/mol. The predicted octanol–water partition coefficient (Wildman–Crippen LogP) is 4.20. The minimum atomic E-state index is 0.178. The average Bonchev–Trinajstić information content (AvgIpc) is 2.47. The van der Waals surface area contributed by atoms with Crippen LogP contribution in [0.2, 0.25) is 0 Å². The molecule has 0 radical (unpaired) electrons. The number of hydrogen-bond donors (Lipinski definition) is 0. The number of unbranched alkanes of at least 4 members (excludes halogenated alkanes) is 8. The summed E-state index contributed by atoms with van der Waals surface area (Å²) < 4.78 is 13.6. The standard InChI is InChI=1S/C16H34O2Te2/c1-3-5-7-9-11-13-17-15-19-20-16-18-14-12-10-8-6-4-2/h3-16H2,1-2H3. The van der Waals surface area contributed by atoms with Crippen molar-refractivity contribution in [2.24, 2.45) is 0 Å². The maximum atomic E-state index is 5.72. The molecule has 0 rings (SSSR count). The van der Waals surface area contributed by atoms with E-state index in [0.717, 1.165) is 22.5 Å². The van der Waals surface area contributed by atoms with E-state index in [1.165, 1.54) is 64.2 Å². The van der Waals surface area contributed by atoms with Gasteiger partial charge in [0.2, 0.25) is 0 Å². The van der Waals surface area contributed by atoms with Crippen molar-refractivity contribution in [3.8, 4) is 0 Å². The molecule has 0 aromatic carbocycles. The molecule has 0 aromatic rings. The normalized spacial score (nSPS) is 11.1. The van der Waals surface area contributed by atoms with Crippen molar-refractivity contribution in [3.63, 3.8) is 0 Å². The second kappa shape index (κ2) is 20.5. The van der Waals surface area contributed by atoms with Gasteiger partial charge in [-0.15, -0.1) is 0 Å². The van der Waals surface area contributed by atoms with Crippen LogP contribution in [0.1, 0.15) is 78.1 Å². The van der Waals surface area contributed by atoms with Gasteiger partial charge in [-0.25, -0.2) is 0 Å². The Balaban J connectivity index is 2.89. The molecule has 0 aliphatic rings. The molecule has 0 saturated heterocycles. The second-order valence-corrected chi connectivity index (χ2v) is 16.8. The second-order valence-electron chi connectivity index (χ2n) is 5.12. The molecule has 4 heteroatoms. The molecular formula is C16H34O2Te2. The van der Waals surface area contributed by atoms with Crippen LogP contribution in [0.3, 0.4) is 0 Å². The molecule has 0 aromatic heterocycles. The van der Waals surface area contributed by atoms with E-state index in [1.54, 1.807) is 0 Å². The summed E-state index contributed by atoms with van der Waals surface area (Å²) in [6, 6.07) is 0. The Morgan fingerprint density at radius 2 is 0.950 bits per heavy atom. The summed E-state index contributed by atoms with van der Waals surface area (Å²) in [6.07, 6.45) is 13.4. The van der Waals surface area contributed by atoms with Gasteiger partial charge in [-0.3, -0.25) is 0 Å². The summed E-state index contributed by atoms with van der Waals surface area (Å²) in [5.41, 5.74) is 0. The summed E-state index contributed by atoms with van der Waals surface area (Å²) in [6.45, 7) is 6.53. The van der Waals surface area contributed by atoms with Crippen LogP contribution in [0, 0.1) is 0 Å². The Bertz CT molecular complexity index is 151. The first-order valence-corrected chi connectivity index (χ1v) is 18.9. The molecule has 0 unspecified atom stereocenters. The molecule has 0 aliphatic carbocycles. The topological polar surface area (TPSA) is 18.5 Å². The van der Waals surface area contributed by atoms with Crippen LogP contribution < -0.4 is 0 Å². The molecule has 0 aliphatic heterocycles. The fourth-order valence-electron chi connectivity index (χ4n) is 1.87. The Morgan fingerprint density at radius 1 is 0.550 bits per heavy atom. The summed E-state index contributed by atoms with van der Waals surface area (Å²) in [7, 11) is 0. The molecule has 0 bridgehead atoms. The zero-order chi connectivity index (χ0) is 14.7. The van der Waals surface area contributed by atoms with Crippen molar-refractivity contribution in [2.45, 2.75) is 78.1 Å². The monoisotopic (exact) mass is 518 g/mol. The zero-order valence-corrected chi connectivity index (χ0v) is 18.2. The average molecular weight is 514 g/mol. The van der Waals surface area contributed by atoms with Crippen molar-refractivity contribution >= 4 is 34.1 Å². The zero-order valence-electron chi connectivity index (χ0n) is 13.5. The molecule has 0 saturated carbocycles. The van der Waals surface area contributed by atoms with Crippen LogP contribution in [0.5, 0.6) is 0 Å². The van der Waals surface area contributed by atoms with Crippen LogP contribution >= 0.6 is 0 Å². The molecule has 0 fully saturated rings. The molecule has 0 amide bonds. The third-order valence-corrected chi connectivity index (χ3v) is 12.0. The first kappa shape index (κ1) is 21.5. The summed E-state index contributed by atoms with van der Waals surface area (Å²) in [5, 5.41) is 0. The van der Waals surface area contributed by atoms with Gasteiger partial charge in [-0.1, -0.05) is 0 Å². The van der Waals surface area contributed by atoms with E-state index in [1.807, 2.05) is 0 Å². The first-order chi connectivity index (χ1) is 9.91. The van der Waals surface area contributed by atoms with Crippen LogP contribution in [-0.2, 0) is 9.47 Å². The van der Waals surface area contributed by atoms with Gasteiger partial charge in [-0.2, -0.15) is 0 Å². The molecule has 0 atom stereocenters. The van der Waals surface area contributed by atoms with Gasteiger partial charge in [0.1, 0.15) is 0 Å². The van der Waals surface area contributed by atoms with Gasteiger partial charge < -0.3 is 0 Å². The third-order valence-electron chi connectivity index (χ3n) is 3.13. The van der Waals surface area contributed by atoms with Gasteiger partial charge in [-0.05, 0) is 0 Å². The van der Waals surface area contributed by atoms with Gasteiger partial charge in [0, 0.05) is 0 Å². The SMILES string of the molecule is CCCCCCCOC[Te][Te]COCCCCCCC. The number of rotatable bonds is 17. The Hall–Kier alpha value is 1.50. The molecule has 2 nitrogen and oxygen atoms in total. The van der Waals surface area contributed by atoms with Crippen LogP contribution in [0.25, 0.3) is 0 Å². The van der Waals surface area contributed by atoms with E-state index in [2.05, 4.69) is 13.8 Å². The summed E-state index contributed by atoms with van der Waals surface area (Å²) in [4.78, 5) is 0. The van der Waals surface area contributed by atoms with Crippen LogP contribution in [0.4, 0.5) is 0 Å². The van der Waals surface area contributed by atoms with Crippen molar-refractivity contribution in [1.82, 2.24) is 0 Å². The molecule has 20 heavy (non-hydrogen) atoms. The van der Waals surface area contributed by atoms with Gasteiger partial charge in [0.25, 0.3) is 0 Å². The van der Waals surface area contributed by atoms with E-state index in [4.69, 9.17) is 9.47 Å². The summed E-state index contributed by atoms with van der Waals surface area (Å²) >= 11 is 0.355.